The molecule has 2 N–H and O–H groups in total. The minimum atomic E-state index is -0.928. The number of thiol groups is 1. The number of unbranched alkanes of at least 4 members (excludes halogenated alkanes) is 2. The van der Waals surface area contributed by atoms with Gasteiger partial charge in [0.15, 0.2) is 0 Å². The molecule has 0 saturated heterocycles. The van der Waals surface area contributed by atoms with E-state index < -0.39 is 23.8 Å². The Morgan fingerprint density at radius 1 is 1.09 bits per heavy atom. The highest BCUT2D eigenvalue weighted by Gasteiger charge is 2.36. The number of benzene rings is 1. The fraction of sp³-hybridized carbons (Fsp3) is 0.667. The monoisotopic (exact) mass is 507 g/mol. The van der Waals surface area contributed by atoms with Crippen LogP contribution in [0.4, 0.5) is 4.79 Å². The van der Waals surface area contributed by atoms with Crippen LogP contribution in [0.15, 0.2) is 24.3 Å². The van der Waals surface area contributed by atoms with Gasteiger partial charge in [-0.05, 0) is 53.0 Å². The highest BCUT2D eigenvalue weighted by Crippen LogP contribution is 2.25. The fourth-order valence-electron chi connectivity index (χ4n) is 3.87. The molecule has 0 saturated carbocycles. The summed E-state index contributed by atoms with van der Waals surface area (Å²) in [5.41, 5.74) is 1.04. The number of carbonyl (C=O) groups excluding carboxylic acids is 3. The molecule has 0 bridgehead atoms. The minimum absolute atomic E-state index is 0.0204. The van der Waals surface area contributed by atoms with Gasteiger partial charge in [-0.3, -0.25) is 9.59 Å². The summed E-state index contributed by atoms with van der Waals surface area (Å²) in [6.45, 7) is 13.8. The summed E-state index contributed by atoms with van der Waals surface area (Å²) in [7, 11) is 0. The van der Waals surface area contributed by atoms with Gasteiger partial charge in [0.2, 0.25) is 11.8 Å². The lowest BCUT2D eigenvalue weighted by Crippen LogP contribution is -2.54. The molecule has 7 nitrogen and oxygen atoms in total. The summed E-state index contributed by atoms with van der Waals surface area (Å²) in [6.07, 6.45) is 3.74. The second kappa shape index (κ2) is 15.0. The predicted octanol–water partition coefficient (Wildman–Crippen LogP) is 5.18. The second-order valence-corrected chi connectivity index (χ2v) is 10.5. The molecule has 1 aromatic carbocycles. The van der Waals surface area contributed by atoms with Crippen molar-refractivity contribution in [2.24, 2.45) is 0 Å². The van der Waals surface area contributed by atoms with Gasteiger partial charge < -0.3 is 20.3 Å². The van der Waals surface area contributed by atoms with E-state index in [1.165, 1.54) is 0 Å². The van der Waals surface area contributed by atoms with Crippen LogP contribution >= 0.6 is 12.6 Å². The molecule has 3 atom stereocenters. The molecule has 3 amide bonds. The first-order valence-corrected chi connectivity index (χ1v) is 13.3. The van der Waals surface area contributed by atoms with Crippen molar-refractivity contribution in [1.82, 2.24) is 15.5 Å². The van der Waals surface area contributed by atoms with Crippen LogP contribution in [0, 0.1) is 6.92 Å². The highest BCUT2D eigenvalue weighted by atomic mass is 32.1. The summed E-state index contributed by atoms with van der Waals surface area (Å²) >= 11 is 4.33. The summed E-state index contributed by atoms with van der Waals surface area (Å²) in [5.74, 6) is -0.500. The lowest BCUT2D eigenvalue weighted by Gasteiger charge is -2.35. The van der Waals surface area contributed by atoms with Gasteiger partial charge in [-0.2, -0.15) is 12.6 Å². The van der Waals surface area contributed by atoms with Gasteiger partial charge >= 0.3 is 6.09 Å². The Morgan fingerprint density at radius 3 is 2.31 bits per heavy atom. The molecule has 0 radical (unpaired) electrons. The zero-order chi connectivity index (χ0) is 26.6. The zero-order valence-corrected chi connectivity index (χ0v) is 23.4. The number of hydrogen-bond acceptors (Lipinski definition) is 5. The van der Waals surface area contributed by atoms with Crippen LogP contribution in [0.2, 0.25) is 0 Å². The van der Waals surface area contributed by atoms with Crippen LogP contribution in [0.3, 0.4) is 0 Å². The van der Waals surface area contributed by atoms with Crippen LogP contribution in [-0.2, 0) is 14.3 Å². The van der Waals surface area contributed by atoms with Gasteiger partial charge in [-0.25, -0.2) is 4.79 Å². The van der Waals surface area contributed by atoms with Gasteiger partial charge in [0.25, 0.3) is 0 Å². The summed E-state index contributed by atoms with van der Waals surface area (Å²) in [4.78, 5) is 41.4. The maximum atomic E-state index is 13.8. The third-order valence-corrected chi connectivity index (χ3v) is 5.85. The topological polar surface area (TPSA) is 87.7 Å². The number of nitrogens with one attached hydrogen (secondary N) is 2. The van der Waals surface area contributed by atoms with E-state index in [4.69, 9.17) is 4.74 Å². The average Bonchev–Trinajstić information content (AvgIpc) is 2.75. The smallest absolute Gasteiger partial charge is 0.408 e. The second-order valence-electron chi connectivity index (χ2n) is 10.1. The van der Waals surface area contributed by atoms with Crippen molar-refractivity contribution in [2.45, 2.75) is 104 Å². The van der Waals surface area contributed by atoms with Crippen LogP contribution < -0.4 is 10.6 Å². The molecule has 0 spiro atoms. The van der Waals surface area contributed by atoms with Gasteiger partial charge in [0.05, 0.1) is 0 Å². The largest absolute Gasteiger partial charge is 0.444 e. The van der Waals surface area contributed by atoms with Crippen molar-refractivity contribution in [3.8, 4) is 0 Å². The number of amides is 3. The standard InChI is InChI=1S/C27H45N3O4S/c1-8-10-11-16-30(25(32)22(18-35)29-26(33)34-27(5,6)7)23(21-15-12-14-19(3)17-21)24(31)28-20(4)13-9-2/h12,14-15,17,20,22-23,35H,8-11,13,16,18H2,1-7H3,(H,28,31)(H,29,33). The van der Waals surface area contributed by atoms with E-state index >= 15 is 0 Å². The Bertz CT molecular complexity index is 825. The lowest BCUT2D eigenvalue weighted by atomic mass is 10.00. The molecular formula is C27H45N3O4S. The summed E-state index contributed by atoms with van der Waals surface area (Å²) < 4.78 is 5.35. The molecule has 0 aliphatic rings. The Morgan fingerprint density at radius 2 is 1.77 bits per heavy atom. The van der Waals surface area contributed by atoms with Gasteiger partial charge in [-0.1, -0.05) is 62.9 Å². The Kier molecular flexibility index (Phi) is 13.2. The molecule has 3 unspecified atom stereocenters. The van der Waals surface area contributed by atoms with E-state index in [1.807, 2.05) is 38.1 Å². The molecule has 0 heterocycles. The number of aryl methyl sites for hydroxylation is 1. The number of nitrogens with zero attached hydrogens (tertiary/aromatic N) is 1. The van der Waals surface area contributed by atoms with Gasteiger partial charge in [-0.15, -0.1) is 0 Å². The maximum Gasteiger partial charge on any atom is 0.408 e. The van der Waals surface area contributed by atoms with E-state index in [0.717, 1.165) is 43.2 Å². The van der Waals surface area contributed by atoms with Crippen molar-refractivity contribution >= 4 is 30.5 Å². The number of rotatable bonds is 13. The number of ether oxygens (including phenoxy) is 1. The molecule has 198 valence electrons. The van der Waals surface area contributed by atoms with E-state index in [-0.39, 0.29) is 23.6 Å². The predicted molar refractivity (Wildman–Crippen MR) is 145 cm³/mol. The SMILES string of the molecule is CCCCCN(C(=O)C(CS)NC(=O)OC(C)(C)C)C(C(=O)NC(C)CCC)c1cccc(C)c1. The number of alkyl carbamates (subject to hydrolysis) is 1. The molecule has 0 aromatic heterocycles. The number of carbonyl (C=O) groups is 3. The molecular weight excluding hydrogens is 462 g/mol. The first-order valence-electron chi connectivity index (χ1n) is 12.7. The van der Waals surface area contributed by atoms with Crippen molar-refractivity contribution in [3.63, 3.8) is 0 Å². The van der Waals surface area contributed by atoms with Crippen molar-refractivity contribution in [3.05, 3.63) is 35.4 Å². The molecule has 35 heavy (non-hydrogen) atoms. The first kappa shape index (κ1) is 30.8. The van der Waals surface area contributed by atoms with E-state index in [2.05, 4.69) is 37.1 Å². The van der Waals surface area contributed by atoms with Crippen LogP contribution in [0.5, 0.6) is 0 Å². The number of hydrogen-bond donors (Lipinski definition) is 3. The third kappa shape index (κ3) is 10.9. The van der Waals surface area contributed by atoms with E-state index in [9.17, 15) is 14.4 Å². The van der Waals surface area contributed by atoms with Crippen LogP contribution in [-0.4, -0.2) is 52.8 Å². The van der Waals surface area contributed by atoms with E-state index in [1.54, 1.807) is 25.7 Å². The lowest BCUT2D eigenvalue weighted by molar-refractivity contribution is -0.142. The molecule has 1 aromatic rings. The van der Waals surface area contributed by atoms with Gasteiger partial charge in [0.1, 0.15) is 17.7 Å². The normalized spacial score (nSPS) is 13.9. The highest BCUT2D eigenvalue weighted by molar-refractivity contribution is 7.80. The van der Waals surface area contributed by atoms with Crippen molar-refractivity contribution in [2.75, 3.05) is 12.3 Å². The molecule has 0 aliphatic carbocycles. The quantitative estimate of drug-likeness (QED) is 0.253. The molecule has 0 fully saturated rings. The zero-order valence-electron chi connectivity index (χ0n) is 22.5. The van der Waals surface area contributed by atoms with E-state index in [0.29, 0.717) is 6.54 Å². The Balaban J connectivity index is 3.38. The molecule has 1 rings (SSSR count). The van der Waals surface area contributed by atoms with Crippen LogP contribution in [0.1, 0.15) is 90.8 Å². The fourth-order valence-corrected chi connectivity index (χ4v) is 4.12. The summed E-state index contributed by atoms with van der Waals surface area (Å²) in [6, 6.07) is 5.90. The average molecular weight is 508 g/mol. The Labute approximate surface area is 217 Å². The Hall–Kier alpha value is -2.22. The summed E-state index contributed by atoms with van der Waals surface area (Å²) in [5, 5.41) is 5.74. The first-order chi connectivity index (χ1) is 16.4. The van der Waals surface area contributed by atoms with Gasteiger partial charge in [0, 0.05) is 18.3 Å². The third-order valence-electron chi connectivity index (χ3n) is 5.49. The van der Waals surface area contributed by atoms with Crippen molar-refractivity contribution < 1.29 is 19.1 Å². The molecule has 8 heteroatoms. The molecule has 0 aliphatic heterocycles. The minimum Gasteiger partial charge on any atom is -0.444 e. The van der Waals surface area contributed by atoms with Crippen molar-refractivity contribution in [1.29, 1.82) is 0 Å². The maximum absolute atomic E-state index is 13.8. The van der Waals surface area contributed by atoms with Crippen LogP contribution in [0.25, 0.3) is 0 Å².